The predicted molar refractivity (Wildman–Crippen MR) is 130 cm³/mol. The van der Waals surface area contributed by atoms with E-state index >= 15 is 0 Å². The van der Waals surface area contributed by atoms with Crippen LogP contribution in [0.4, 0.5) is 0 Å². The highest BCUT2D eigenvalue weighted by Crippen LogP contribution is 2.40. The summed E-state index contributed by atoms with van der Waals surface area (Å²) in [6.07, 6.45) is 1.04. The van der Waals surface area contributed by atoms with Crippen molar-refractivity contribution in [2.75, 3.05) is 6.54 Å². The Balaban J connectivity index is 1.38. The second kappa shape index (κ2) is 7.84. The van der Waals surface area contributed by atoms with Crippen LogP contribution in [0.25, 0.3) is 21.3 Å². The molecule has 0 bridgehead atoms. The smallest absolute Gasteiger partial charge is 0.260 e. The molecule has 0 amide bonds. The van der Waals surface area contributed by atoms with E-state index in [-0.39, 0.29) is 11.6 Å². The molecule has 1 aliphatic rings. The van der Waals surface area contributed by atoms with E-state index in [1.54, 1.807) is 22.7 Å². The summed E-state index contributed by atoms with van der Waals surface area (Å²) < 4.78 is 0. The summed E-state index contributed by atoms with van der Waals surface area (Å²) in [7, 11) is 0. The minimum Gasteiger partial charge on any atom is -0.309 e. The highest BCUT2D eigenvalue weighted by Gasteiger charge is 2.31. The molecule has 31 heavy (non-hydrogen) atoms. The lowest BCUT2D eigenvalue weighted by Crippen LogP contribution is -2.35. The molecule has 4 nitrogen and oxygen atoms in total. The quantitative estimate of drug-likeness (QED) is 0.361. The van der Waals surface area contributed by atoms with Crippen LogP contribution in [0.2, 0.25) is 0 Å². The van der Waals surface area contributed by atoms with Gasteiger partial charge in [-0.2, -0.15) is 0 Å². The van der Waals surface area contributed by atoms with Gasteiger partial charge >= 0.3 is 0 Å². The number of aromatic nitrogens is 2. The normalized spacial score (nSPS) is 16.6. The lowest BCUT2D eigenvalue weighted by Gasteiger charge is -2.35. The van der Waals surface area contributed by atoms with Gasteiger partial charge in [-0.1, -0.05) is 36.4 Å². The summed E-state index contributed by atoms with van der Waals surface area (Å²) in [5.74, 6) is 0.735. The molecule has 0 saturated heterocycles. The van der Waals surface area contributed by atoms with Crippen LogP contribution < -0.4 is 5.56 Å². The van der Waals surface area contributed by atoms with Gasteiger partial charge in [0.2, 0.25) is 0 Å². The van der Waals surface area contributed by atoms with Gasteiger partial charge in [-0.3, -0.25) is 9.69 Å². The maximum Gasteiger partial charge on any atom is 0.260 e. The van der Waals surface area contributed by atoms with Gasteiger partial charge in [-0.05, 0) is 40.4 Å². The molecule has 5 heterocycles. The van der Waals surface area contributed by atoms with Gasteiger partial charge in [0.1, 0.15) is 10.7 Å². The Morgan fingerprint density at radius 2 is 1.94 bits per heavy atom. The fourth-order valence-corrected chi connectivity index (χ4v) is 7.16. The van der Waals surface area contributed by atoms with Crippen molar-refractivity contribution >= 4 is 44.2 Å². The Hall–Kier alpha value is -2.58. The first-order valence-corrected chi connectivity index (χ1v) is 12.8. The van der Waals surface area contributed by atoms with E-state index in [1.807, 2.05) is 47.0 Å². The standard InChI is InChI=1S/C24H19N3OS3/c28-23-21-17(15-5-2-1-3-6-15)14-31-24(21)26-20(25-23)13-27-10-8-18-16(9-12-30-18)22(27)19-7-4-11-29-19/h1-7,9,11-12,14,22H,8,10,13H2,(H,25,26,28). The molecule has 7 heteroatoms. The van der Waals surface area contributed by atoms with E-state index in [2.05, 4.69) is 38.8 Å². The van der Waals surface area contributed by atoms with Crippen LogP contribution in [0, 0.1) is 0 Å². The van der Waals surface area contributed by atoms with Crippen molar-refractivity contribution in [2.45, 2.75) is 19.0 Å². The Morgan fingerprint density at radius 3 is 2.77 bits per heavy atom. The van der Waals surface area contributed by atoms with Crippen molar-refractivity contribution < 1.29 is 0 Å². The van der Waals surface area contributed by atoms with E-state index in [9.17, 15) is 4.79 Å². The average molecular weight is 462 g/mol. The molecule has 5 aromatic rings. The first-order valence-electron chi connectivity index (χ1n) is 10.2. The molecule has 1 atom stereocenters. The zero-order valence-corrected chi connectivity index (χ0v) is 19.0. The fourth-order valence-electron chi connectivity index (χ4n) is 4.41. The molecule has 0 fully saturated rings. The number of benzene rings is 1. The molecule has 1 aromatic carbocycles. The highest BCUT2D eigenvalue weighted by molar-refractivity contribution is 7.17. The van der Waals surface area contributed by atoms with Gasteiger partial charge in [0.05, 0.1) is 18.0 Å². The van der Waals surface area contributed by atoms with Gasteiger partial charge in [0, 0.05) is 27.2 Å². The number of rotatable bonds is 4. The zero-order chi connectivity index (χ0) is 20.8. The van der Waals surface area contributed by atoms with Crippen LogP contribution in [-0.2, 0) is 13.0 Å². The second-order valence-corrected chi connectivity index (χ2v) is 10.5. The molecule has 0 spiro atoms. The first kappa shape index (κ1) is 19.1. The van der Waals surface area contributed by atoms with Crippen LogP contribution in [0.5, 0.6) is 0 Å². The van der Waals surface area contributed by atoms with Crippen LogP contribution in [-0.4, -0.2) is 21.4 Å². The van der Waals surface area contributed by atoms with Crippen molar-refractivity contribution in [2.24, 2.45) is 0 Å². The van der Waals surface area contributed by atoms with Crippen LogP contribution in [0.1, 0.15) is 27.2 Å². The number of hydrogen-bond acceptors (Lipinski definition) is 6. The minimum absolute atomic E-state index is 0.0546. The number of thiophene rings is 3. The van der Waals surface area contributed by atoms with Gasteiger partial charge in [-0.15, -0.1) is 34.0 Å². The topological polar surface area (TPSA) is 49.0 Å². The zero-order valence-electron chi connectivity index (χ0n) is 16.6. The number of nitrogens with one attached hydrogen (secondary N) is 1. The molecule has 1 N–H and O–H groups in total. The van der Waals surface area contributed by atoms with E-state index in [4.69, 9.17) is 4.98 Å². The largest absolute Gasteiger partial charge is 0.309 e. The maximum atomic E-state index is 13.1. The summed E-state index contributed by atoms with van der Waals surface area (Å²) in [4.78, 5) is 27.1. The van der Waals surface area contributed by atoms with Crippen molar-refractivity contribution in [3.8, 4) is 11.1 Å². The predicted octanol–water partition coefficient (Wildman–Crippen LogP) is 5.92. The first-order chi connectivity index (χ1) is 15.3. The van der Waals surface area contributed by atoms with Crippen molar-refractivity contribution in [3.63, 3.8) is 0 Å². The van der Waals surface area contributed by atoms with Gasteiger partial charge in [0.15, 0.2) is 0 Å². The molecule has 6 rings (SSSR count). The summed E-state index contributed by atoms with van der Waals surface area (Å²) in [6, 6.07) is 16.8. The number of fused-ring (bicyclic) bond motifs is 2. The molecule has 0 radical (unpaired) electrons. The molecule has 1 unspecified atom stereocenters. The SMILES string of the molecule is O=c1[nH]c(CN2CCc3sccc3C2c2cccs2)nc2scc(-c3ccccc3)c12. The molecule has 0 aliphatic carbocycles. The summed E-state index contributed by atoms with van der Waals surface area (Å²) in [6.45, 7) is 1.58. The van der Waals surface area contributed by atoms with Gasteiger partial charge < -0.3 is 4.98 Å². The third-order valence-electron chi connectivity index (χ3n) is 5.81. The molecular weight excluding hydrogens is 442 g/mol. The molecule has 4 aromatic heterocycles. The molecule has 0 saturated carbocycles. The molecule has 154 valence electrons. The Morgan fingerprint density at radius 1 is 1.03 bits per heavy atom. The van der Waals surface area contributed by atoms with Crippen molar-refractivity contribution in [1.82, 2.24) is 14.9 Å². The number of hydrogen-bond donors (Lipinski definition) is 1. The summed E-state index contributed by atoms with van der Waals surface area (Å²) in [5.41, 5.74) is 3.34. The summed E-state index contributed by atoms with van der Waals surface area (Å²) in [5, 5.41) is 7.06. The van der Waals surface area contributed by atoms with Crippen LogP contribution >= 0.6 is 34.0 Å². The number of nitrogens with zero attached hydrogens (tertiary/aromatic N) is 2. The van der Waals surface area contributed by atoms with E-state index in [0.717, 1.165) is 34.7 Å². The van der Waals surface area contributed by atoms with Gasteiger partial charge in [0.25, 0.3) is 5.56 Å². The lowest BCUT2D eigenvalue weighted by molar-refractivity contribution is 0.204. The van der Waals surface area contributed by atoms with Crippen molar-refractivity contribution in [1.29, 1.82) is 0 Å². The highest BCUT2D eigenvalue weighted by atomic mass is 32.1. The Labute approximate surface area is 191 Å². The van der Waals surface area contributed by atoms with E-state index < -0.39 is 0 Å². The van der Waals surface area contributed by atoms with E-state index in [0.29, 0.717) is 11.9 Å². The number of aromatic amines is 1. The maximum absolute atomic E-state index is 13.1. The van der Waals surface area contributed by atoms with Crippen LogP contribution in [0.3, 0.4) is 0 Å². The average Bonchev–Trinajstić information content (AvgIpc) is 3.55. The van der Waals surface area contributed by atoms with Gasteiger partial charge in [-0.25, -0.2) is 4.98 Å². The third kappa shape index (κ3) is 3.38. The summed E-state index contributed by atoms with van der Waals surface area (Å²) >= 11 is 5.18. The monoisotopic (exact) mass is 461 g/mol. The Bertz CT molecular complexity index is 1400. The number of H-pyrrole nitrogens is 1. The molecular formula is C24H19N3OS3. The Kier molecular flexibility index (Phi) is 4.84. The van der Waals surface area contributed by atoms with Crippen molar-refractivity contribution in [3.05, 3.63) is 96.2 Å². The fraction of sp³-hybridized carbons (Fsp3) is 0.167. The third-order valence-corrected chi connectivity index (χ3v) is 8.60. The van der Waals surface area contributed by atoms with Crippen LogP contribution in [0.15, 0.2) is 69.5 Å². The second-order valence-electron chi connectivity index (χ2n) is 7.65. The lowest BCUT2D eigenvalue weighted by atomic mass is 9.98. The van der Waals surface area contributed by atoms with E-state index in [1.165, 1.54) is 15.3 Å². The molecule has 1 aliphatic heterocycles. The minimum atomic E-state index is -0.0546.